The molecule has 3 aromatic heterocycles. The normalized spacial score (nSPS) is 11.6. The van der Waals surface area contributed by atoms with E-state index in [0.717, 1.165) is 9.35 Å². The number of halogens is 1. The van der Waals surface area contributed by atoms with Gasteiger partial charge in [0, 0.05) is 21.3 Å². The van der Waals surface area contributed by atoms with E-state index in [1.54, 1.807) is 23.1 Å². The molecule has 0 amide bonds. The Hall–Kier alpha value is -2.51. The minimum atomic E-state index is -0.181. The maximum absolute atomic E-state index is 12.1. The van der Waals surface area contributed by atoms with Crippen molar-refractivity contribution < 1.29 is 0 Å². The van der Waals surface area contributed by atoms with Crippen LogP contribution in [0.1, 0.15) is 10.7 Å². The van der Waals surface area contributed by atoms with Gasteiger partial charge in [0.05, 0.1) is 6.20 Å². The van der Waals surface area contributed by atoms with Gasteiger partial charge in [-0.15, -0.1) is 11.3 Å². The number of rotatable bonds is 3. The lowest BCUT2D eigenvalue weighted by molar-refractivity contribution is 0.784. The molecule has 0 fully saturated rings. The molecule has 1 N–H and O–H groups in total. The molecule has 0 atom stereocenters. The van der Waals surface area contributed by atoms with Gasteiger partial charge >= 0.3 is 0 Å². The van der Waals surface area contributed by atoms with Gasteiger partial charge in [-0.3, -0.25) is 9.48 Å². The van der Waals surface area contributed by atoms with Gasteiger partial charge in [-0.2, -0.15) is 5.10 Å². The summed E-state index contributed by atoms with van der Waals surface area (Å²) in [6.07, 6.45) is 5.29. The third-order valence-corrected chi connectivity index (χ3v) is 5.41. The van der Waals surface area contributed by atoms with E-state index in [1.165, 1.54) is 16.6 Å². The molecular formula is C18H13BrN4OS. The summed E-state index contributed by atoms with van der Waals surface area (Å²) in [4.78, 5) is 21.5. The monoisotopic (exact) mass is 412 g/mol. The van der Waals surface area contributed by atoms with Gasteiger partial charge in [0.15, 0.2) is 5.65 Å². The van der Waals surface area contributed by atoms with Crippen LogP contribution in [0.2, 0.25) is 0 Å². The Morgan fingerprint density at radius 3 is 2.76 bits per heavy atom. The SMILES string of the molecule is Cn1ncc2c(=O)[nH]c(/C=C/c3ccc(-c4ccc(Br)cc4)s3)nc21. The Labute approximate surface area is 155 Å². The van der Waals surface area contributed by atoms with E-state index in [-0.39, 0.29) is 5.56 Å². The fourth-order valence-electron chi connectivity index (χ4n) is 2.50. The van der Waals surface area contributed by atoms with Crippen molar-refractivity contribution in [3.63, 3.8) is 0 Å². The molecule has 0 aliphatic carbocycles. The van der Waals surface area contributed by atoms with Crippen LogP contribution in [0.15, 0.2) is 51.9 Å². The van der Waals surface area contributed by atoms with Crippen molar-refractivity contribution in [3.05, 3.63) is 68.1 Å². The van der Waals surface area contributed by atoms with Gasteiger partial charge in [0.25, 0.3) is 5.56 Å². The van der Waals surface area contributed by atoms with Gasteiger partial charge in [0.2, 0.25) is 0 Å². The summed E-state index contributed by atoms with van der Waals surface area (Å²) >= 11 is 5.13. The molecule has 0 spiro atoms. The predicted octanol–water partition coefficient (Wildman–Crippen LogP) is 4.32. The van der Waals surface area contributed by atoms with E-state index in [9.17, 15) is 4.79 Å². The largest absolute Gasteiger partial charge is 0.306 e. The standard InChI is InChI=1S/C18H13BrN4OS/c1-23-17-14(10-20-23)18(24)22-16(21-17)9-7-13-6-8-15(25-13)11-2-4-12(19)5-3-11/h2-10H,1H3,(H,21,22,24)/b9-7+. The lowest BCUT2D eigenvalue weighted by Crippen LogP contribution is -2.09. The second-order valence-corrected chi connectivity index (χ2v) is 7.53. The topological polar surface area (TPSA) is 63.6 Å². The van der Waals surface area contributed by atoms with Crippen molar-refractivity contribution in [2.45, 2.75) is 0 Å². The first-order chi connectivity index (χ1) is 12.1. The van der Waals surface area contributed by atoms with Crippen molar-refractivity contribution >= 4 is 50.5 Å². The molecular weight excluding hydrogens is 400 g/mol. The maximum atomic E-state index is 12.1. The number of aromatic nitrogens is 4. The summed E-state index contributed by atoms with van der Waals surface area (Å²) in [5, 5.41) is 4.56. The van der Waals surface area contributed by atoms with E-state index in [1.807, 2.05) is 24.3 Å². The summed E-state index contributed by atoms with van der Waals surface area (Å²) < 4.78 is 2.66. The molecule has 7 heteroatoms. The van der Waals surface area contributed by atoms with E-state index >= 15 is 0 Å². The zero-order valence-corrected chi connectivity index (χ0v) is 15.6. The summed E-state index contributed by atoms with van der Waals surface area (Å²) in [5.74, 6) is 0.514. The average molecular weight is 413 g/mol. The number of thiophene rings is 1. The van der Waals surface area contributed by atoms with Crippen molar-refractivity contribution in [1.82, 2.24) is 19.7 Å². The summed E-state index contributed by atoms with van der Waals surface area (Å²) in [6.45, 7) is 0. The number of aryl methyl sites for hydroxylation is 1. The zero-order chi connectivity index (χ0) is 17.4. The van der Waals surface area contributed by atoms with Crippen LogP contribution in [0.4, 0.5) is 0 Å². The van der Waals surface area contributed by atoms with Gasteiger partial charge in [-0.05, 0) is 42.0 Å². The van der Waals surface area contributed by atoms with Crippen LogP contribution in [0.5, 0.6) is 0 Å². The lowest BCUT2D eigenvalue weighted by atomic mass is 10.2. The van der Waals surface area contributed by atoms with Crippen molar-refractivity contribution in [3.8, 4) is 10.4 Å². The number of benzene rings is 1. The zero-order valence-electron chi connectivity index (χ0n) is 13.2. The minimum Gasteiger partial charge on any atom is -0.306 e. The summed E-state index contributed by atoms with van der Waals surface area (Å²) in [5.41, 5.74) is 1.57. The first-order valence-electron chi connectivity index (χ1n) is 7.56. The fourth-order valence-corrected chi connectivity index (χ4v) is 3.68. The average Bonchev–Trinajstić information content (AvgIpc) is 3.22. The van der Waals surface area contributed by atoms with Gasteiger partial charge in [0.1, 0.15) is 11.2 Å². The quantitative estimate of drug-likeness (QED) is 0.544. The molecule has 0 aliphatic rings. The molecule has 0 radical (unpaired) electrons. The third kappa shape index (κ3) is 3.20. The van der Waals surface area contributed by atoms with Crippen LogP contribution in [-0.2, 0) is 7.05 Å². The molecule has 4 rings (SSSR count). The molecule has 3 heterocycles. The lowest BCUT2D eigenvalue weighted by Gasteiger charge is -1.97. The predicted molar refractivity (Wildman–Crippen MR) is 106 cm³/mol. The Balaban J connectivity index is 1.63. The Kier molecular flexibility index (Phi) is 4.10. The molecule has 4 aromatic rings. The highest BCUT2D eigenvalue weighted by molar-refractivity contribution is 9.10. The molecule has 0 bridgehead atoms. The third-order valence-electron chi connectivity index (χ3n) is 3.78. The Morgan fingerprint density at radius 1 is 1.16 bits per heavy atom. The fraction of sp³-hybridized carbons (Fsp3) is 0.0556. The van der Waals surface area contributed by atoms with Gasteiger partial charge in [-0.25, -0.2) is 4.98 Å². The molecule has 0 saturated heterocycles. The number of hydrogen-bond donors (Lipinski definition) is 1. The van der Waals surface area contributed by atoms with Crippen LogP contribution in [-0.4, -0.2) is 19.7 Å². The van der Waals surface area contributed by atoms with E-state index in [4.69, 9.17) is 0 Å². The second kappa shape index (κ2) is 6.42. The molecule has 0 unspecified atom stereocenters. The number of fused-ring (bicyclic) bond motifs is 1. The van der Waals surface area contributed by atoms with Crippen molar-refractivity contribution in [2.75, 3.05) is 0 Å². The number of H-pyrrole nitrogens is 1. The van der Waals surface area contributed by atoms with Crippen LogP contribution < -0.4 is 5.56 Å². The van der Waals surface area contributed by atoms with E-state index < -0.39 is 0 Å². The number of aromatic amines is 1. The summed E-state index contributed by atoms with van der Waals surface area (Å²) in [6, 6.07) is 12.4. The summed E-state index contributed by atoms with van der Waals surface area (Å²) in [7, 11) is 1.77. The van der Waals surface area contributed by atoms with Crippen LogP contribution >= 0.6 is 27.3 Å². The van der Waals surface area contributed by atoms with Crippen LogP contribution in [0.3, 0.4) is 0 Å². The minimum absolute atomic E-state index is 0.181. The van der Waals surface area contributed by atoms with Gasteiger partial charge < -0.3 is 4.98 Å². The molecule has 0 aliphatic heterocycles. The van der Waals surface area contributed by atoms with Crippen molar-refractivity contribution in [2.24, 2.45) is 7.05 Å². The molecule has 25 heavy (non-hydrogen) atoms. The number of hydrogen-bond acceptors (Lipinski definition) is 4. The van der Waals surface area contributed by atoms with E-state index in [0.29, 0.717) is 16.9 Å². The smallest absolute Gasteiger partial charge is 0.262 e. The Bertz CT molecular complexity index is 1140. The van der Waals surface area contributed by atoms with Crippen LogP contribution in [0, 0.1) is 0 Å². The van der Waals surface area contributed by atoms with Crippen molar-refractivity contribution in [1.29, 1.82) is 0 Å². The molecule has 0 saturated carbocycles. The Morgan fingerprint density at radius 2 is 1.96 bits per heavy atom. The molecule has 5 nitrogen and oxygen atoms in total. The molecule has 124 valence electrons. The first kappa shape index (κ1) is 16.0. The number of nitrogens with one attached hydrogen (secondary N) is 1. The maximum Gasteiger partial charge on any atom is 0.262 e. The molecule has 1 aromatic carbocycles. The van der Waals surface area contributed by atoms with Gasteiger partial charge in [-0.1, -0.05) is 28.1 Å². The highest BCUT2D eigenvalue weighted by atomic mass is 79.9. The second-order valence-electron chi connectivity index (χ2n) is 5.50. The highest BCUT2D eigenvalue weighted by Gasteiger charge is 2.06. The first-order valence-corrected chi connectivity index (χ1v) is 9.17. The van der Waals surface area contributed by atoms with Crippen LogP contribution in [0.25, 0.3) is 33.6 Å². The van der Waals surface area contributed by atoms with E-state index in [2.05, 4.69) is 55.3 Å². The number of nitrogens with zero attached hydrogens (tertiary/aromatic N) is 3. The highest BCUT2D eigenvalue weighted by Crippen LogP contribution is 2.30.